The van der Waals surface area contributed by atoms with Gasteiger partial charge in [0.1, 0.15) is 0 Å². The van der Waals surface area contributed by atoms with Gasteiger partial charge in [-0.05, 0) is 41.7 Å². The van der Waals surface area contributed by atoms with Crippen LogP contribution in [0.3, 0.4) is 0 Å². The monoisotopic (exact) mass is 313 g/mol. The molecule has 0 fully saturated rings. The van der Waals surface area contributed by atoms with E-state index in [0.717, 1.165) is 17.7 Å². The zero-order chi connectivity index (χ0) is 14.9. The summed E-state index contributed by atoms with van der Waals surface area (Å²) in [4.78, 5) is 4.45. The number of rotatable bonds is 4. The Morgan fingerprint density at radius 1 is 1.38 bits per heavy atom. The number of likely N-dealkylation sites (N-methyl/N-ethyl adjacent to an activating group) is 1. The van der Waals surface area contributed by atoms with Gasteiger partial charge in [-0.15, -0.1) is 12.4 Å². The molecule has 0 amide bonds. The predicted molar refractivity (Wildman–Crippen MR) is 84.7 cm³/mol. The van der Waals surface area contributed by atoms with Crippen LogP contribution in [-0.2, 0) is 12.0 Å². The summed E-state index contributed by atoms with van der Waals surface area (Å²) in [6.45, 7) is 10.5. The van der Waals surface area contributed by atoms with Crippen LogP contribution >= 0.6 is 12.4 Å². The lowest BCUT2D eigenvalue weighted by Gasteiger charge is -2.21. The normalized spacial score (nSPS) is 13.0. The van der Waals surface area contributed by atoms with Gasteiger partial charge in [0.25, 0.3) is 5.89 Å². The molecular weight excluding hydrogens is 290 g/mol. The maximum atomic E-state index is 5.36. The molecule has 7 heteroatoms. The number of hydrogen-bond donors (Lipinski definition) is 1. The summed E-state index contributed by atoms with van der Waals surface area (Å²) >= 11 is 0. The average molecular weight is 314 g/mol. The van der Waals surface area contributed by atoms with Gasteiger partial charge in [-0.25, -0.2) is 0 Å². The van der Waals surface area contributed by atoms with E-state index in [2.05, 4.69) is 48.3 Å². The van der Waals surface area contributed by atoms with Gasteiger partial charge in [0, 0.05) is 18.2 Å². The molecule has 118 valence electrons. The Morgan fingerprint density at radius 3 is 2.57 bits per heavy atom. The van der Waals surface area contributed by atoms with Gasteiger partial charge in [-0.1, -0.05) is 5.16 Å². The Morgan fingerprint density at radius 2 is 2.05 bits per heavy atom. The molecule has 21 heavy (non-hydrogen) atoms. The van der Waals surface area contributed by atoms with Crippen LogP contribution in [0.5, 0.6) is 0 Å². The first-order valence-electron chi connectivity index (χ1n) is 6.88. The van der Waals surface area contributed by atoms with Crippen molar-refractivity contribution in [2.45, 2.75) is 52.6 Å². The third kappa shape index (κ3) is 3.83. The molecule has 2 heterocycles. The van der Waals surface area contributed by atoms with E-state index in [1.54, 1.807) is 6.20 Å². The molecule has 0 aromatic carbocycles. The molecule has 0 aliphatic heterocycles. The van der Waals surface area contributed by atoms with Crippen LogP contribution in [0.2, 0.25) is 0 Å². The SMILES string of the molecule is CNC(C)Cc1noc(-c2cnn(C(C)(C)C)c2C)n1.Cl. The van der Waals surface area contributed by atoms with Crippen LogP contribution < -0.4 is 5.32 Å². The summed E-state index contributed by atoms with van der Waals surface area (Å²) in [6.07, 6.45) is 2.53. The topological polar surface area (TPSA) is 68.8 Å². The first kappa shape index (κ1) is 17.7. The van der Waals surface area contributed by atoms with Crippen molar-refractivity contribution in [3.05, 3.63) is 17.7 Å². The summed E-state index contributed by atoms with van der Waals surface area (Å²) < 4.78 is 7.34. The van der Waals surface area contributed by atoms with Gasteiger partial charge in [0.15, 0.2) is 5.82 Å². The van der Waals surface area contributed by atoms with E-state index in [1.807, 2.05) is 18.7 Å². The highest BCUT2D eigenvalue weighted by Gasteiger charge is 2.21. The lowest BCUT2D eigenvalue weighted by Crippen LogP contribution is -2.24. The van der Waals surface area contributed by atoms with Crippen molar-refractivity contribution in [2.75, 3.05) is 7.05 Å². The first-order valence-corrected chi connectivity index (χ1v) is 6.88. The third-order valence-corrected chi connectivity index (χ3v) is 3.33. The lowest BCUT2D eigenvalue weighted by atomic mass is 10.1. The van der Waals surface area contributed by atoms with Crippen LogP contribution in [0.1, 0.15) is 39.2 Å². The van der Waals surface area contributed by atoms with E-state index in [1.165, 1.54) is 0 Å². The van der Waals surface area contributed by atoms with Gasteiger partial charge < -0.3 is 9.84 Å². The smallest absolute Gasteiger partial charge is 0.261 e. The van der Waals surface area contributed by atoms with E-state index in [-0.39, 0.29) is 17.9 Å². The molecule has 0 radical (unpaired) electrons. The fourth-order valence-corrected chi connectivity index (χ4v) is 2.12. The highest BCUT2D eigenvalue weighted by Crippen LogP contribution is 2.25. The minimum Gasteiger partial charge on any atom is -0.334 e. The maximum absolute atomic E-state index is 5.36. The quantitative estimate of drug-likeness (QED) is 0.939. The summed E-state index contributed by atoms with van der Waals surface area (Å²) in [5.74, 6) is 1.25. The van der Waals surface area contributed by atoms with Gasteiger partial charge in [-0.2, -0.15) is 10.1 Å². The molecule has 0 aliphatic carbocycles. The average Bonchev–Trinajstić information content (AvgIpc) is 2.94. The summed E-state index contributed by atoms with van der Waals surface area (Å²) in [6, 6.07) is 0.318. The van der Waals surface area contributed by atoms with E-state index in [9.17, 15) is 0 Å². The zero-order valence-electron chi connectivity index (χ0n) is 13.5. The van der Waals surface area contributed by atoms with Crippen molar-refractivity contribution in [3.8, 4) is 11.5 Å². The second-order valence-corrected chi connectivity index (χ2v) is 6.14. The highest BCUT2D eigenvalue weighted by molar-refractivity contribution is 5.85. The number of hydrogen-bond acceptors (Lipinski definition) is 5. The van der Waals surface area contributed by atoms with E-state index >= 15 is 0 Å². The Balaban J connectivity index is 0.00000220. The van der Waals surface area contributed by atoms with Crippen molar-refractivity contribution in [1.29, 1.82) is 0 Å². The lowest BCUT2D eigenvalue weighted by molar-refractivity contribution is 0.348. The Bertz CT molecular complexity index is 584. The second-order valence-electron chi connectivity index (χ2n) is 6.14. The highest BCUT2D eigenvalue weighted by atomic mass is 35.5. The van der Waals surface area contributed by atoms with E-state index in [4.69, 9.17) is 4.52 Å². The molecule has 0 bridgehead atoms. The minimum atomic E-state index is -0.0637. The molecule has 1 atom stereocenters. The summed E-state index contributed by atoms with van der Waals surface area (Å²) in [7, 11) is 1.92. The van der Waals surface area contributed by atoms with Crippen LogP contribution in [0, 0.1) is 6.92 Å². The fourth-order valence-electron chi connectivity index (χ4n) is 2.12. The fraction of sp³-hybridized carbons (Fsp3) is 0.643. The van der Waals surface area contributed by atoms with Crippen molar-refractivity contribution in [1.82, 2.24) is 25.2 Å². The molecule has 2 rings (SSSR count). The molecule has 0 saturated heterocycles. The maximum Gasteiger partial charge on any atom is 0.261 e. The summed E-state index contributed by atoms with van der Waals surface area (Å²) in [5.41, 5.74) is 1.87. The molecule has 0 aliphatic rings. The molecule has 0 spiro atoms. The number of nitrogens with zero attached hydrogens (tertiary/aromatic N) is 4. The van der Waals surface area contributed by atoms with Crippen LogP contribution in [-0.4, -0.2) is 33.0 Å². The van der Waals surface area contributed by atoms with Crippen molar-refractivity contribution in [2.24, 2.45) is 0 Å². The molecule has 2 aromatic heterocycles. The Hall–Kier alpha value is -1.40. The Kier molecular flexibility index (Phi) is 5.53. The van der Waals surface area contributed by atoms with E-state index < -0.39 is 0 Å². The van der Waals surface area contributed by atoms with Crippen molar-refractivity contribution < 1.29 is 4.52 Å². The Labute approximate surface area is 131 Å². The molecule has 1 unspecified atom stereocenters. The van der Waals surface area contributed by atoms with Gasteiger partial charge in [-0.3, -0.25) is 4.68 Å². The number of nitrogens with one attached hydrogen (secondary N) is 1. The van der Waals surface area contributed by atoms with Gasteiger partial charge >= 0.3 is 0 Å². The van der Waals surface area contributed by atoms with Crippen LogP contribution in [0.25, 0.3) is 11.5 Å². The minimum absolute atomic E-state index is 0. The van der Waals surface area contributed by atoms with Crippen molar-refractivity contribution in [3.63, 3.8) is 0 Å². The van der Waals surface area contributed by atoms with Crippen LogP contribution in [0.15, 0.2) is 10.7 Å². The largest absolute Gasteiger partial charge is 0.334 e. The van der Waals surface area contributed by atoms with Gasteiger partial charge in [0.05, 0.1) is 17.3 Å². The van der Waals surface area contributed by atoms with Gasteiger partial charge in [0.2, 0.25) is 0 Å². The predicted octanol–water partition coefficient (Wildman–Crippen LogP) is 2.57. The standard InChI is InChI=1S/C14H23N5O.ClH/c1-9(15-6)7-12-17-13(20-18-12)11-8-16-19(10(11)2)14(3,4)5;/h8-9,15H,7H2,1-6H3;1H. The van der Waals surface area contributed by atoms with Crippen LogP contribution in [0.4, 0.5) is 0 Å². The number of halogens is 1. The second kappa shape index (κ2) is 6.58. The first-order chi connectivity index (χ1) is 9.32. The number of aromatic nitrogens is 4. The third-order valence-electron chi connectivity index (χ3n) is 3.33. The van der Waals surface area contributed by atoms with E-state index in [0.29, 0.717) is 17.8 Å². The van der Waals surface area contributed by atoms with Crippen molar-refractivity contribution >= 4 is 12.4 Å². The zero-order valence-corrected chi connectivity index (χ0v) is 14.3. The molecule has 1 N–H and O–H groups in total. The molecule has 6 nitrogen and oxygen atoms in total. The summed E-state index contributed by atoms with van der Waals surface area (Å²) in [5, 5.41) is 11.6. The molecular formula is C14H24ClN5O. The molecule has 0 saturated carbocycles. The molecule has 2 aromatic rings.